The van der Waals surface area contributed by atoms with E-state index in [-0.39, 0.29) is 0 Å². The summed E-state index contributed by atoms with van der Waals surface area (Å²) in [5, 5.41) is 3.07. The first-order valence-electron chi connectivity index (χ1n) is 9.16. The van der Waals surface area contributed by atoms with Crippen LogP contribution in [-0.2, 0) is 0 Å². The van der Waals surface area contributed by atoms with Crippen molar-refractivity contribution in [1.82, 2.24) is 4.90 Å². The molecule has 0 aromatic heterocycles. The number of halogens is 1. The van der Waals surface area contributed by atoms with E-state index in [0.29, 0.717) is 10.9 Å². The average Bonchev–Trinajstić information content (AvgIpc) is 2.69. The van der Waals surface area contributed by atoms with E-state index in [1.54, 1.807) is 0 Å². The van der Waals surface area contributed by atoms with E-state index in [4.69, 9.17) is 17.3 Å². The number of nitrogens with two attached hydrogens (primary N) is 1. The average molecular weight is 379 g/mol. The van der Waals surface area contributed by atoms with E-state index in [9.17, 15) is 0 Å². The Morgan fingerprint density at radius 2 is 1.56 bits per heavy atom. The molecule has 2 N–H and O–H groups in total. The van der Waals surface area contributed by atoms with Crippen molar-refractivity contribution in [3.05, 3.63) is 71.2 Å². The smallest absolute Gasteiger partial charge is 0.131 e. The first-order valence-corrected chi connectivity index (χ1v) is 9.54. The quantitative estimate of drug-likeness (QED) is 0.546. The molecular weight excluding hydrogens is 356 g/mol. The molecule has 1 aliphatic heterocycles. The summed E-state index contributed by atoms with van der Waals surface area (Å²) in [4.78, 5) is 9.31. The molecule has 0 radical (unpaired) electrons. The first-order chi connectivity index (χ1) is 13.1. The fourth-order valence-corrected chi connectivity index (χ4v) is 3.50. The molecule has 1 fully saturated rings. The van der Waals surface area contributed by atoms with Gasteiger partial charge >= 0.3 is 0 Å². The van der Waals surface area contributed by atoms with Gasteiger partial charge in [-0.2, -0.15) is 0 Å². The van der Waals surface area contributed by atoms with E-state index in [1.807, 2.05) is 30.3 Å². The number of hydrogen-bond acceptors (Lipinski definition) is 3. The highest BCUT2D eigenvalue weighted by Gasteiger charge is 2.14. The molecule has 3 aromatic carbocycles. The molecule has 3 aromatic rings. The van der Waals surface area contributed by atoms with Gasteiger partial charge in [0.25, 0.3) is 0 Å². The standard InChI is InChI=1S/C22H23ClN4/c1-26-10-12-27(13-11-26)21-9-4-16-14-18(3-2-17(16)15-21)22(24)25-20-7-5-19(23)6-8-20/h2-9,14-15H,10-13H2,1H3,(H2,24,25). The van der Waals surface area contributed by atoms with Crippen LogP contribution in [0.25, 0.3) is 10.8 Å². The Hall–Kier alpha value is -2.56. The first kappa shape index (κ1) is 17.8. The van der Waals surface area contributed by atoms with Crippen LogP contribution < -0.4 is 10.6 Å². The maximum Gasteiger partial charge on any atom is 0.131 e. The van der Waals surface area contributed by atoms with Gasteiger partial charge in [-0.3, -0.25) is 0 Å². The van der Waals surface area contributed by atoms with Crippen LogP contribution in [0.2, 0.25) is 5.02 Å². The highest BCUT2D eigenvalue weighted by molar-refractivity contribution is 6.30. The molecule has 138 valence electrons. The Bertz CT molecular complexity index is 973. The highest BCUT2D eigenvalue weighted by atomic mass is 35.5. The maximum absolute atomic E-state index is 6.22. The van der Waals surface area contributed by atoms with Crippen LogP contribution in [0.1, 0.15) is 5.56 Å². The van der Waals surface area contributed by atoms with Gasteiger partial charge in [-0.05, 0) is 60.3 Å². The number of anilines is 1. The van der Waals surface area contributed by atoms with Gasteiger partial charge in [0.05, 0.1) is 5.69 Å². The molecule has 0 amide bonds. The van der Waals surface area contributed by atoms with E-state index >= 15 is 0 Å². The molecule has 5 heteroatoms. The lowest BCUT2D eigenvalue weighted by molar-refractivity contribution is 0.313. The van der Waals surface area contributed by atoms with Gasteiger partial charge in [0.15, 0.2) is 0 Å². The lowest BCUT2D eigenvalue weighted by Gasteiger charge is -2.34. The van der Waals surface area contributed by atoms with Crippen molar-refractivity contribution < 1.29 is 0 Å². The minimum absolute atomic E-state index is 0.502. The Balaban J connectivity index is 1.59. The molecule has 0 aliphatic carbocycles. The SMILES string of the molecule is CN1CCN(c2ccc3cc(C(N)=Nc4ccc(Cl)cc4)ccc3c2)CC1. The number of hydrogen-bond donors (Lipinski definition) is 1. The molecule has 1 heterocycles. The van der Waals surface area contributed by atoms with Crippen molar-refractivity contribution in [2.24, 2.45) is 10.7 Å². The number of nitrogens with zero attached hydrogens (tertiary/aromatic N) is 3. The summed E-state index contributed by atoms with van der Waals surface area (Å²) in [6.45, 7) is 4.35. The molecule has 0 unspecified atom stereocenters. The van der Waals surface area contributed by atoms with Gasteiger partial charge in [-0.15, -0.1) is 0 Å². The van der Waals surface area contributed by atoms with Gasteiger partial charge in [-0.1, -0.05) is 29.8 Å². The molecule has 1 aliphatic rings. The maximum atomic E-state index is 6.22. The summed E-state index contributed by atoms with van der Waals surface area (Å²) < 4.78 is 0. The second-order valence-electron chi connectivity index (χ2n) is 7.01. The lowest BCUT2D eigenvalue weighted by Crippen LogP contribution is -2.44. The molecule has 4 rings (SSSR count). The van der Waals surface area contributed by atoms with Gasteiger partial charge < -0.3 is 15.5 Å². The fraction of sp³-hybridized carbons (Fsp3) is 0.227. The van der Waals surface area contributed by atoms with Gasteiger partial charge in [0, 0.05) is 42.5 Å². The summed E-state index contributed by atoms with van der Waals surface area (Å²) in [7, 11) is 2.18. The topological polar surface area (TPSA) is 44.9 Å². The zero-order chi connectivity index (χ0) is 18.8. The van der Waals surface area contributed by atoms with E-state index in [0.717, 1.165) is 37.4 Å². The summed E-state index contributed by atoms with van der Waals surface area (Å²) >= 11 is 5.92. The second kappa shape index (κ2) is 7.59. The third-order valence-corrected chi connectivity index (χ3v) is 5.32. The van der Waals surface area contributed by atoms with Crippen LogP contribution in [0.4, 0.5) is 11.4 Å². The van der Waals surface area contributed by atoms with Crippen molar-refractivity contribution in [2.45, 2.75) is 0 Å². The third kappa shape index (κ3) is 4.07. The zero-order valence-electron chi connectivity index (χ0n) is 15.4. The van der Waals surface area contributed by atoms with Crippen molar-refractivity contribution in [3.8, 4) is 0 Å². The Morgan fingerprint density at radius 1 is 0.889 bits per heavy atom. The fourth-order valence-electron chi connectivity index (χ4n) is 3.37. The summed E-state index contributed by atoms with van der Waals surface area (Å²) in [6, 6.07) is 20.2. The van der Waals surface area contributed by atoms with Crippen LogP contribution in [0.5, 0.6) is 0 Å². The summed E-state index contributed by atoms with van der Waals surface area (Å²) in [5.41, 5.74) is 9.22. The summed E-state index contributed by atoms with van der Waals surface area (Å²) in [6.07, 6.45) is 0. The van der Waals surface area contributed by atoms with Gasteiger partial charge in [0.1, 0.15) is 5.84 Å². The van der Waals surface area contributed by atoms with Crippen LogP contribution in [-0.4, -0.2) is 44.0 Å². The molecule has 4 nitrogen and oxygen atoms in total. The number of likely N-dealkylation sites (N-methyl/N-ethyl adjacent to an activating group) is 1. The van der Waals surface area contributed by atoms with E-state index in [1.165, 1.54) is 16.5 Å². The number of benzene rings is 3. The molecule has 0 bridgehead atoms. The van der Waals surface area contributed by atoms with Crippen molar-refractivity contribution in [2.75, 3.05) is 38.1 Å². The van der Waals surface area contributed by atoms with Crippen LogP contribution in [0.15, 0.2) is 65.7 Å². The van der Waals surface area contributed by atoms with E-state index < -0.39 is 0 Å². The molecule has 0 saturated carbocycles. The minimum Gasteiger partial charge on any atom is -0.383 e. The largest absolute Gasteiger partial charge is 0.383 e. The monoisotopic (exact) mass is 378 g/mol. The van der Waals surface area contributed by atoms with Gasteiger partial charge in [0.2, 0.25) is 0 Å². The number of aliphatic imine (C=N–C) groups is 1. The van der Waals surface area contributed by atoms with Gasteiger partial charge in [-0.25, -0.2) is 4.99 Å². The van der Waals surface area contributed by atoms with Crippen LogP contribution in [0.3, 0.4) is 0 Å². The molecular formula is C22H23ClN4. The number of piperazine rings is 1. The number of fused-ring (bicyclic) bond motifs is 1. The molecule has 0 atom stereocenters. The molecule has 0 spiro atoms. The molecule has 1 saturated heterocycles. The zero-order valence-corrected chi connectivity index (χ0v) is 16.2. The normalized spacial score (nSPS) is 16.1. The predicted octanol–water partition coefficient (Wildman–Crippen LogP) is 4.28. The predicted molar refractivity (Wildman–Crippen MR) is 115 cm³/mol. The third-order valence-electron chi connectivity index (χ3n) is 5.06. The number of rotatable bonds is 3. The Labute approximate surface area is 164 Å². The van der Waals surface area contributed by atoms with Crippen LogP contribution >= 0.6 is 11.6 Å². The van der Waals surface area contributed by atoms with Crippen molar-refractivity contribution in [3.63, 3.8) is 0 Å². The Kier molecular flexibility index (Phi) is 5.01. The van der Waals surface area contributed by atoms with E-state index in [2.05, 4.69) is 52.2 Å². The van der Waals surface area contributed by atoms with Crippen molar-refractivity contribution >= 4 is 39.6 Å². The summed E-state index contributed by atoms with van der Waals surface area (Å²) in [5.74, 6) is 0.502. The second-order valence-corrected chi connectivity index (χ2v) is 7.45. The Morgan fingerprint density at radius 3 is 2.30 bits per heavy atom. The highest BCUT2D eigenvalue weighted by Crippen LogP contribution is 2.25. The number of amidine groups is 1. The van der Waals surface area contributed by atoms with Crippen molar-refractivity contribution in [1.29, 1.82) is 0 Å². The van der Waals surface area contributed by atoms with Crippen LogP contribution in [0, 0.1) is 0 Å². The lowest BCUT2D eigenvalue weighted by atomic mass is 10.0. The molecule has 27 heavy (non-hydrogen) atoms. The minimum atomic E-state index is 0.502.